The minimum atomic E-state index is -3.58. The van der Waals surface area contributed by atoms with Crippen LogP contribution in [0.4, 0.5) is 0 Å². The largest absolute Gasteiger partial charge is 0.381 e. The van der Waals surface area contributed by atoms with Crippen molar-refractivity contribution in [3.05, 3.63) is 23.5 Å². The van der Waals surface area contributed by atoms with Crippen LogP contribution in [0.1, 0.15) is 19.3 Å². The maximum absolute atomic E-state index is 11.9. The molecule has 1 aliphatic carbocycles. The van der Waals surface area contributed by atoms with Crippen molar-refractivity contribution < 1.29 is 13.2 Å². The van der Waals surface area contributed by atoms with Crippen LogP contribution in [-0.4, -0.2) is 33.2 Å². The van der Waals surface area contributed by atoms with Gasteiger partial charge in [-0.05, 0) is 37.3 Å². The van der Waals surface area contributed by atoms with Gasteiger partial charge >= 0.3 is 0 Å². The van der Waals surface area contributed by atoms with Crippen molar-refractivity contribution in [1.82, 2.24) is 9.71 Å². The summed E-state index contributed by atoms with van der Waals surface area (Å²) in [5.41, 5.74) is 0. The molecule has 2 rings (SSSR count). The lowest BCUT2D eigenvalue weighted by atomic mass is 10.4. The fourth-order valence-corrected chi connectivity index (χ4v) is 3.09. The summed E-state index contributed by atoms with van der Waals surface area (Å²) in [6, 6.07) is 2.97. The molecule has 19 heavy (non-hydrogen) atoms. The van der Waals surface area contributed by atoms with Crippen molar-refractivity contribution in [1.29, 1.82) is 0 Å². The normalized spacial score (nSPS) is 15.6. The molecule has 0 amide bonds. The number of aromatic nitrogens is 1. The molecule has 0 aromatic carbocycles. The highest BCUT2D eigenvalue weighted by atomic mass is 35.5. The van der Waals surface area contributed by atoms with Gasteiger partial charge in [0.1, 0.15) is 10.0 Å². The number of halogens is 1. The molecule has 1 fully saturated rings. The lowest BCUT2D eigenvalue weighted by molar-refractivity contribution is 0.123. The number of pyridine rings is 1. The summed E-state index contributed by atoms with van der Waals surface area (Å²) in [5.74, 6) is 0.728. The van der Waals surface area contributed by atoms with Gasteiger partial charge in [-0.25, -0.2) is 18.1 Å². The zero-order valence-electron chi connectivity index (χ0n) is 10.5. The Morgan fingerprint density at radius 1 is 1.47 bits per heavy atom. The summed E-state index contributed by atoms with van der Waals surface area (Å²) >= 11 is 5.76. The Kier molecular flexibility index (Phi) is 5.15. The first-order valence-corrected chi connectivity index (χ1v) is 8.13. The molecule has 1 heterocycles. The Bertz CT molecular complexity index is 517. The minimum Gasteiger partial charge on any atom is -0.381 e. The Hall–Kier alpha value is -0.690. The number of nitrogens with one attached hydrogen (secondary N) is 1. The lowest BCUT2D eigenvalue weighted by Crippen LogP contribution is -2.26. The van der Waals surface area contributed by atoms with E-state index < -0.39 is 10.0 Å². The second-order valence-corrected chi connectivity index (χ2v) is 6.66. The third-order valence-electron chi connectivity index (χ3n) is 2.82. The first-order valence-electron chi connectivity index (χ1n) is 6.27. The molecule has 0 spiro atoms. The van der Waals surface area contributed by atoms with E-state index in [1.54, 1.807) is 6.07 Å². The van der Waals surface area contributed by atoms with Gasteiger partial charge in [0.05, 0.1) is 0 Å². The summed E-state index contributed by atoms with van der Waals surface area (Å²) in [7, 11) is -3.58. The molecule has 0 unspecified atom stereocenters. The average molecular weight is 305 g/mol. The van der Waals surface area contributed by atoms with Gasteiger partial charge in [0.2, 0.25) is 10.0 Å². The predicted molar refractivity (Wildman–Crippen MR) is 72.6 cm³/mol. The van der Waals surface area contributed by atoms with E-state index in [0.717, 1.165) is 12.5 Å². The van der Waals surface area contributed by atoms with E-state index in [1.807, 2.05) is 0 Å². The van der Waals surface area contributed by atoms with Crippen LogP contribution >= 0.6 is 11.6 Å². The van der Waals surface area contributed by atoms with E-state index in [9.17, 15) is 8.42 Å². The van der Waals surface area contributed by atoms with E-state index in [-0.39, 0.29) is 10.0 Å². The summed E-state index contributed by atoms with van der Waals surface area (Å²) in [5, 5.41) is -0.0139. The van der Waals surface area contributed by atoms with Crippen molar-refractivity contribution in [3.63, 3.8) is 0 Å². The van der Waals surface area contributed by atoms with Crippen molar-refractivity contribution in [2.75, 3.05) is 19.8 Å². The van der Waals surface area contributed by atoms with Crippen molar-refractivity contribution in [2.45, 2.75) is 24.2 Å². The zero-order chi connectivity index (χ0) is 13.7. The van der Waals surface area contributed by atoms with Gasteiger partial charge in [-0.15, -0.1) is 0 Å². The highest BCUT2D eigenvalue weighted by molar-refractivity contribution is 7.89. The zero-order valence-corrected chi connectivity index (χ0v) is 12.1. The van der Waals surface area contributed by atoms with Crippen LogP contribution in [0, 0.1) is 5.92 Å². The quantitative estimate of drug-likeness (QED) is 0.588. The standard InChI is InChI=1S/C12H17ClN2O3S/c13-12-11(3-1-6-14-12)19(16,17)15-7-2-8-18-9-10-4-5-10/h1,3,6,10,15H,2,4-5,7-9H2. The molecule has 1 aromatic heterocycles. The van der Waals surface area contributed by atoms with Gasteiger partial charge in [-0.3, -0.25) is 0 Å². The number of hydrogen-bond donors (Lipinski definition) is 1. The monoisotopic (exact) mass is 304 g/mol. The molecule has 106 valence electrons. The van der Waals surface area contributed by atoms with E-state index in [1.165, 1.54) is 25.1 Å². The Morgan fingerprint density at radius 3 is 2.95 bits per heavy atom. The van der Waals surface area contributed by atoms with E-state index in [0.29, 0.717) is 19.6 Å². The van der Waals surface area contributed by atoms with Gasteiger partial charge in [-0.1, -0.05) is 11.6 Å². The minimum absolute atomic E-state index is 0.00978. The van der Waals surface area contributed by atoms with Gasteiger partial charge < -0.3 is 4.74 Å². The molecule has 1 N–H and O–H groups in total. The number of rotatable bonds is 8. The second-order valence-electron chi connectivity index (χ2n) is 4.56. The molecular weight excluding hydrogens is 288 g/mol. The van der Waals surface area contributed by atoms with E-state index in [4.69, 9.17) is 16.3 Å². The summed E-state index contributed by atoms with van der Waals surface area (Å²) in [6.07, 6.45) is 4.61. The van der Waals surface area contributed by atoms with Crippen LogP contribution in [0.2, 0.25) is 5.15 Å². The fourth-order valence-electron chi connectivity index (χ4n) is 1.56. The molecule has 1 aromatic rings. The molecule has 0 bridgehead atoms. The van der Waals surface area contributed by atoms with Gasteiger partial charge in [0.15, 0.2) is 0 Å². The van der Waals surface area contributed by atoms with Crippen LogP contribution in [0.5, 0.6) is 0 Å². The van der Waals surface area contributed by atoms with Crippen LogP contribution in [0.3, 0.4) is 0 Å². The predicted octanol–water partition coefficient (Wildman–Crippen LogP) is 1.83. The number of hydrogen-bond acceptors (Lipinski definition) is 4. The number of sulfonamides is 1. The van der Waals surface area contributed by atoms with Crippen LogP contribution in [0.25, 0.3) is 0 Å². The molecule has 0 radical (unpaired) electrons. The summed E-state index contributed by atoms with van der Waals surface area (Å²) in [6.45, 7) is 1.69. The smallest absolute Gasteiger partial charge is 0.243 e. The van der Waals surface area contributed by atoms with E-state index >= 15 is 0 Å². The maximum atomic E-state index is 11.9. The lowest BCUT2D eigenvalue weighted by Gasteiger charge is -2.07. The van der Waals surface area contributed by atoms with Crippen molar-refractivity contribution in [3.8, 4) is 0 Å². The van der Waals surface area contributed by atoms with Crippen LogP contribution in [0.15, 0.2) is 23.2 Å². The van der Waals surface area contributed by atoms with Crippen LogP contribution < -0.4 is 4.72 Å². The molecular formula is C12H17ClN2O3S. The first kappa shape index (κ1) is 14.7. The highest BCUT2D eigenvalue weighted by Gasteiger charge is 2.21. The third kappa shape index (κ3) is 4.72. The highest BCUT2D eigenvalue weighted by Crippen LogP contribution is 2.28. The molecule has 1 aliphatic rings. The Morgan fingerprint density at radius 2 is 2.26 bits per heavy atom. The van der Waals surface area contributed by atoms with E-state index in [2.05, 4.69) is 9.71 Å². The number of nitrogens with zero attached hydrogens (tertiary/aromatic N) is 1. The summed E-state index contributed by atoms with van der Waals surface area (Å²) in [4.78, 5) is 3.76. The van der Waals surface area contributed by atoms with Gasteiger partial charge in [0.25, 0.3) is 0 Å². The molecule has 5 nitrogen and oxygen atoms in total. The van der Waals surface area contributed by atoms with Gasteiger partial charge in [-0.2, -0.15) is 0 Å². The summed E-state index contributed by atoms with van der Waals surface area (Å²) < 4.78 is 31.8. The van der Waals surface area contributed by atoms with Gasteiger partial charge in [0, 0.05) is 26.0 Å². The second kappa shape index (κ2) is 6.65. The molecule has 0 aliphatic heterocycles. The van der Waals surface area contributed by atoms with Crippen molar-refractivity contribution >= 4 is 21.6 Å². The number of ether oxygens (including phenoxy) is 1. The van der Waals surface area contributed by atoms with Crippen molar-refractivity contribution in [2.24, 2.45) is 5.92 Å². The molecule has 1 saturated carbocycles. The van der Waals surface area contributed by atoms with Crippen LogP contribution in [-0.2, 0) is 14.8 Å². The molecule has 0 saturated heterocycles. The molecule has 7 heteroatoms. The SMILES string of the molecule is O=S(=O)(NCCCOCC1CC1)c1cccnc1Cl. The first-order chi connectivity index (χ1) is 9.09. The Balaban J connectivity index is 1.73. The fraction of sp³-hybridized carbons (Fsp3) is 0.583. The Labute approximate surface area is 118 Å². The third-order valence-corrected chi connectivity index (χ3v) is 4.73. The molecule has 0 atom stereocenters. The maximum Gasteiger partial charge on any atom is 0.243 e. The average Bonchev–Trinajstić information content (AvgIpc) is 3.18. The topological polar surface area (TPSA) is 68.3 Å².